The van der Waals surface area contributed by atoms with E-state index in [-0.39, 0.29) is 25.9 Å². The Labute approximate surface area is 856 Å². The predicted molar refractivity (Wildman–Crippen MR) is 592 cm³/mol. The van der Waals surface area contributed by atoms with Crippen LogP contribution < -0.4 is 91.2 Å². The molecule has 38 heteroatoms. The third-order valence-electron chi connectivity index (χ3n) is 31.8. The standard InChI is InChI=1S/C16H23N5.C14H19N5.C14H20N4O2.C14H18N4O.C14H18N4.C13H18N4.C12H16N4O.C12H16N4/c1-19(2)12-8-9-20(10-12)16-15(17)14-7-6-11-4-3-5-13(11)21(14)18-16;15-13-12-5-4-10-2-1-3-11(10)19(12)17-14(13)18-8-6-16-7-9-18;15-13-12-5-4-10-2-1-3-11(10)18(12)16-14(13)17(6-8-19)7-9-20;15-13-12-5-4-9-2-1-3-11(9)18(12)16-14(13)17-7-6-10(19)8-17;15-13-12-7-6-10-4-3-5-11(10)18(12)16-14(13)17-8-1-2-9-17;1-8(2)15-13-12(14)11-7-6-9-4-3-5-10(9)17(11)16-13;13-11-10-5-4-8-2-1-3-9(8)16(10)15-12(11)14-6-7-17;1-15(2)12-11(13)10-7-6-8-4-3-5-9(8)16(10)14-12/h6-7,12H,3-5,8-10,17H2,1-2H3;4-5,16H,1-3,6-9,15H2;4-5,19-20H,1-3,6-9,15H2;4-5,10,19H,1-3,6-8,15H2;6-7H,1-5,8-9,15H2;6-8H,3-5,14H2,1-2H3,(H,15,16);4-5,17H,1-3,6-7,13H2,(H,14,15);6-7H,3-5,13H2,1-2H3. The van der Waals surface area contributed by atoms with Gasteiger partial charge in [-0.15, -0.1) is 40.8 Å². The van der Waals surface area contributed by atoms with Gasteiger partial charge in [0, 0.05) is 157 Å². The minimum absolute atomic E-state index is 0.00538. The van der Waals surface area contributed by atoms with Crippen LogP contribution in [0.15, 0.2) is 97.1 Å². The number of rotatable bonds is 16. The number of likely N-dealkylation sites (N-methyl/N-ethyl adjacent to an activating group) is 1. The summed E-state index contributed by atoms with van der Waals surface area (Å²) in [5, 5.41) is 83.9. The Morgan fingerprint density at radius 1 is 0.327 bits per heavy atom. The maximum Gasteiger partial charge on any atom is 0.175 e. The van der Waals surface area contributed by atoms with Gasteiger partial charge in [0.05, 0.1) is 70.1 Å². The summed E-state index contributed by atoms with van der Waals surface area (Å²) in [6.45, 7) is 15.2. The monoisotopic (exact) mass is 2000 g/mol. The number of aliphatic hydroxyl groups excluding tert-OH is 4. The quantitative estimate of drug-likeness (QED) is 0.0427. The second-order valence-corrected chi connectivity index (χ2v) is 42.0. The average molecular weight is 2000 g/mol. The molecule has 16 aromatic heterocycles. The third-order valence-corrected chi connectivity index (χ3v) is 31.8. The highest BCUT2D eigenvalue weighted by Crippen LogP contribution is 2.42. The molecule has 16 aromatic rings. The van der Waals surface area contributed by atoms with Crippen molar-refractivity contribution in [2.75, 3.05) is 219 Å². The summed E-state index contributed by atoms with van der Waals surface area (Å²) in [6, 6.07) is 35.1. The van der Waals surface area contributed by atoms with E-state index in [0.29, 0.717) is 61.3 Å². The van der Waals surface area contributed by atoms with Gasteiger partial charge in [0.2, 0.25) is 0 Å². The lowest BCUT2D eigenvalue weighted by Gasteiger charge is -2.27. The number of anilines is 16. The van der Waals surface area contributed by atoms with Gasteiger partial charge in [0.15, 0.2) is 46.5 Å². The molecule has 4 fully saturated rings. The van der Waals surface area contributed by atoms with E-state index in [1.807, 2.05) is 58.6 Å². The fourth-order valence-electron chi connectivity index (χ4n) is 24.1. The highest BCUT2D eigenvalue weighted by Gasteiger charge is 2.34. The predicted octanol–water partition coefficient (Wildman–Crippen LogP) is 10.0. The van der Waals surface area contributed by atoms with E-state index >= 15 is 0 Å². The summed E-state index contributed by atoms with van der Waals surface area (Å²) < 4.78 is 16.2. The Morgan fingerprint density at radius 3 is 0.952 bits per heavy atom. The number of pyridine rings is 8. The van der Waals surface area contributed by atoms with Gasteiger partial charge in [0.1, 0.15) is 45.5 Å². The molecule has 28 rings (SSSR count). The fraction of sp³-hybridized carbons (Fsp3) is 0.486. The van der Waals surface area contributed by atoms with E-state index in [2.05, 4.69) is 187 Å². The van der Waals surface area contributed by atoms with Crippen molar-refractivity contribution in [1.29, 1.82) is 0 Å². The fourth-order valence-corrected chi connectivity index (χ4v) is 24.1. The van der Waals surface area contributed by atoms with E-state index in [9.17, 15) is 5.11 Å². The van der Waals surface area contributed by atoms with Gasteiger partial charge in [-0.25, -0.2) is 36.1 Å². The van der Waals surface area contributed by atoms with E-state index in [1.54, 1.807) is 0 Å². The topological polar surface area (TPSA) is 486 Å². The molecule has 12 aliphatic rings. The summed E-state index contributed by atoms with van der Waals surface area (Å²) >= 11 is 0. The first-order valence-electron chi connectivity index (χ1n) is 53.6. The zero-order valence-corrected chi connectivity index (χ0v) is 86.3. The molecule has 0 spiro atoms. The number of β-amino-alcohol motifs (C(OH)–C–C–N with tert-alkyl or cyclic N) is 1. The molecule has 2 unspecified atom stereocenters. The Hall–Kier alpha value is -13.9. The molecule has 20 heterocycles. The zero-order chi connectivity index (χ0) is 102. The Kier molecular flexibility index (Phi) is 28.6. The molecular formula is C109H148N34O4. The number of nitrogen functional groups attached to an aromatic ring is 8. The van der Waals surface area contributed by atoms with Crippen LogP contribution in [0.3, 0.4) is 0 Å². The molecular weight excluding hydrogens is 1850 g/mol. The maximum absolute atomic E-state index is 9.66. The van der Waals surface area contributed by atoms with Crippen molar-refractivity contribution in [3.63, 3.8) is 0 Å². The van der Waals surface area contributed by atoms with Gasteiger partial charge in [-0.3, -0.25) is 0 Å². The maximum atomic E-state index is 9.66. The summed E-state index contributed by atoms with van der Waals surface area (Å²) in [7, 11) is 8.23. The van der Waals surface area contributed by atoms with Crippen LogP contribution in [0.4, 0.5) is 92.0 Å². The minimum atomic E-state index is -0.255. The second-order valence-electron chi connectivity index (χ2n) is 42.0. The molecule has 0 radical (unpaired) electrons. The highest BCUT2D eigenvalue weighted by molar-refractivity contribution is 5.88. The Balaban J connectivity index is 0.0000000987. The molecule has 4 saturated heterocycles. The number of nitrogens with two attached hydrogens (primary N) is 8. The summed E-state index contributed by atoms with van der Waals surface area (Å²) in [6.07, 6.45) is 31.9. The third kappa shape index (κ3) is 19.2. The molecule has 4 aliphatic heterocycles. The van der Waals surface area contributed by atoms with Crippen molar-refractivity contribution in [2.24, 2.45) is 0 Å². The number of hydrogen-bond acceptors (Lipinski definition) is 30. The Morgan fingerprint density at radius 2 is 0.626 bits per heavy atom. The van der Waals surface area contributed by atoms with E-state index in [1.165, 1.54) is 180 Å². The van der Waals surface area contributed by atoms with Crippen molar-refractivity contribution in [2.45, 2.75) is 212 Å². The first-order chi connectivity index (χ1) is 71.5. The van der Waals surface area contributed by atoms with Crippen molar-refractivity contribution >= 4 is 136 Å². The first kappa shape index (κ1) is 99.1. The van der Waals surface area contributed by atoms with Gasteiger partial charge in [-0.05, 0) is 301 Å². The highest BCUT2D eigenvalue weighted by atomic mass is 16.3. The van der Waals surface area contributed by atoms with Crippen LogP contribution in [-0.2, 0) is 103 Å². The smallest absolute Gasteiger partial charge is 0.175 e. The zero-order valence-electron chi connectivity index (χ0n) is 86.3. The van der Waals surface area contributed by atoms with Gasteiger partial charge in [0.25, 0.3) is 0 Å². The molecule has 23 N–H and O–H groups in total. The van der Waals surface area contributed by atoms with Crippen molar-refractivity contribution < 1.29 is 20.4 Å². The number of aryl methyl sites for hydroxylation is 16. The minimum Gasteiger partial charge on any atom is -0.395 e. The molecule has 147 heavy (non-hydrogen) atoms. The van der Waals surface area contributed by atoms with Gasteiger partial charge in [-0.2, -0.15) is 0 Å². The normalized spacial score (nSPS) is 17.5. The van der Waals surface area contributed by atoms with Crippen LogP contribution in [0.25, 0.3) is 44.1 Å². The van der Waals surface area contributed by atoms with E-state index in [0.717, 1.165) is 262 Å². The average Bonchev–Trinajstić information content (AvgIpc) is 1.60. The first-order valence-corrected chi connectivity index (χ1v) is 53.6. The van der Waals surface area contributed by atoms with Crippen LogP contribution in [-0.4, -0.2) is 254 Å². The number of piperazine rings is 1. The lowest BCUT2D eigenvalue weighted by molar-refractivity contribution is 0.198. The number of fused-ring (bicyclic) bond motifs is 24. The SMILES string of the molecule is CC(C)Nc1nn2c3c(ccc2c1N)CCC3.CN(C)C1CCN(c2nn3c4c(ccc3c2N)CCC4)C1.CN(C)c1nn2c3c(ccc2c1N)CCC3.Nc1c(N(CCO)CCO)nn2c3c(ccc12)CCC3.Nc1c(N2CCC(O)C2)nn2c3c(ccc12)CCC3.Nc1c(N2CCCC2)nn2c3c(ccc12)CCC3.Nc1c(N2CCNCC2)nn2c3c(ccc12)CCC3.Nc1c(NCCO)nn2c3c(ccc12)CCC3. The van der Waals surface area contributed by atoms with Gasteiger partial charge >= 0.3 is 0 Å². The lowest BCUT2D eigenvalue weighted by atomic mass is 10.2. The lowest BCUT2D eigenvalue weighted by Crippen LogP contribution is -2.44. The molecule has 778 valence electrons. The second kappa shape index (κ2) is 42.5. The number of aromatic nitrogens is 16. The van der Waals surface area contributed by atoms with Crippen molar-refractivity contribution in [1.82, 2.24) is 87.1 Å². The van der Waals surface area contributed by atoms with Gasteiger partial charge < -0.3 is 117 Å². The summed E-state index contributed by atoms with van der Waals surface area (Å²) in [5.74, 6) is 6.74. The molecule has 0 saturated carbocycles. The summed E-state index contributed by atoms with van der Waals surface area (Å²) in [5.41, 5.74) is 85.7. The molecule has 8 aliphatic carbocycles. The van der Waals surface area contributed by atoms with Crippen LogP contribution in [0, 0.1) is 0 Å². The molecule has 38 nitrogen and oxygen atoms in total. The van der Waals surface area contributed by atoms with Crippen LogP contribution in [0.1, 0.15) is 181 Å². The van der Waals surface area contributed by atoms with Crippen LogP contribution >= 0.6 is 0 Å². The van der Waals surface area contributed by atoms with E-state index < -0.39 is 0 Å². The number of nitrogens with zero attached hydrogens (tertiary/aromatic N) is 23. The van der Waals surface area contributed by atoms with E-state index in [4.69, 9.17) is 81.6 Å². The van der Waals surface area contributed by atoms with Crippen LogP contribution in [0.5, 0.6) is 0 Å². The Bertz CT molecular complexity index is 7400. The molecule has 2 atom stereocenters. The number of nitrogens with one attached hydrogen (secondary N) is 3. The largest absolute Gasteiger partial charge is 0.395 e. The molecule has 0 bridgehead atoms. The van der Waals surface area contributed by atoms with Crippen LogP contribution in [0.2, 0.25) is 0 Å². The summed E-state index contributed by atoms with van der Waals surface area (Å²) in [4.78, 5) is 15.1. The van der Waals surface area contributed by atoms with Gasteiger partial charge in [-0.1, -0.05) is 48.5 Å². The molecule has 0 aromatic carbocycles. The number of aliphatic hydroxyl groups is 4. The van der Waals surface area contributed by atoms with Crippen molar-refractivity contribution in [3.8, 4) is 0 Å². The molecule has 0 amide bonds. The van der Waals surface area contributed by atoms with Crippen molar-refractivity contribution in [3.05, 3.63) is 187 Å². The number of hydrogen-bond donors (Lipinski definition) is 15.